The van der Waals surface area contributed by atoms with E-state index in [2.05, 4.69) is 39.6 Å². The molecule has 7 heteroatoms. The standard InChI is InChI=1S/C16H24BrN3O3/c1-4-18(5-2)12-6-8-19(9-7-12)14-11-16(23-3)13(17)10-15(14)20(21)22/h10-12H,4-9H2,1-3H3. The maximum Gasteiger partial charge on any atom is 0.293 e. The molecular formula is C16H24BrN3O3. The fraction of sp³-hybridized carbons (Fsp3) is 0.625. The number of nitro groups is 1. The first-order valence-electron chi connectivity index (χ1n) is 8.02. The number of hydrogen-bond acceptors (Lipinski definition) is 5. The highest BCUT2D eigenvalue weighted by molar-refractivity contribution is 9.10. The molecule has 6 nitrogen and oxygen atoms in total. The maximum absolute atomic E-state index is 11.4. The van der Waals surface area contributed by atoms with Crippen molar-refractivity contribution in [2.75, 3.05) is 38.2 Å². The second-order valence-electron chi connectivity index (χ2n) is 5.67. The molecule has 0 N–H and O–H groups in total. The Morgan fingerprint density at radius 1 is 1.35 bits per heavy atom. The molecule has 0 spiro atoms. The fourth-order valence-electron chi connectivity index (χ4n) is 3.30. The Kier molecular flexibility index (Phi) is 6.24. The topological polar surface area (TPSA) is 58.8 Å². The van der Waals surface area contributed by atoms with Gasteiger partial charge in [0, 0.05) is 31.3 Å². The van der Waals surface area contributed by atoms with E-state index in [1.165, 1.54) is 6.07 Å². The van der Waals surface area contributed by atoms with Gasteiger partial charge in [-0.15, -0.1) is 0 Å². The molecule has 1 aliphatic heterocycles. The lowest BCUT2D eigenvalue weighted by molar-refractivity contribution is -0.384. The van der Waals surface area contributed by atoms with Crippen LogP contribution in [0.15, 0.2) is 16.6 Å². The van der Waals surface area contributed by atoms with Crippen LogP contribution in [0.25, 0.3) is 0 Å². The summed E-state index contributed by atoms with van der Waals surface area (Å²) in [5, 5.41) is 11.4. The predicted octanol–water partition coefficient (Wildman–Crippen LogP) is 3.68. The first-order valence-corrected chi connectivity index (χ1v) is 8.82. The van der Waals surface area contributed by atoms with Gasteiger partial charge in [0.05, 0.1) is 16.5 Å². The summed E-state index contributed by atoms with van der Waals surface area (Å²) in [6.45, 7) is 8.11. The first-order chi connectivity index (χ1) is 11.0. The summed E-state index contributed by atoms with van der Waals surface area (Å²) >= 11 is 3.33. The zero-order chi connectivity index (χ0) is 17.0. The van der Waals surface area contributed by atoms with Crippen LogP contribution in [-0.4, -0.2) is 49.2 Å². The van der Waals surface area contributed by atoms with Crippen molar-refractivity contribution in [3.63, 3.8) is 0 Å². The predicted molar refractivity (Wildman–Crippen MR) is 95.5 cm³/mol. The summed E-state index contributed by atoms with van der Waals surface area (Å²) < 4.78 is 5.91. The van der Waals surface area contributed by atoms with E-state index in [9.17, 15) is 10.1 Å². The monoisotopic (exact) mass is 385 g/mol. The highest BCUT2D eigenvalue weighted by atomic mass is 79.9. The Morgan fingerprint density at radius 2 is 1.96 bits per heavy atom. The molecule has 128 valence electrons. The van der Waals surface area contributed by atoms with Crippen molar-refractivity contribution < 1.29 is 9.66 Å². The van der Waals surface area contributed by atoms with Gasteiger partial charge in [0.25, 0.3) is 5.69 Å². The van der Waals surface area contributed by atoms with Gasteiger partial charge in [0.15, 0.2) is 0 Å². The molecule has 1 aromatic carbocycles. The van der Waals surface area contributed by atoms with E-state index in [1.807, 2.05) is 0 Å². The van der Waals surface area contributed by atoms with Gasteiger partial charge >= 0.3 is 0 Å². The molecule has 1 saturated heterocycles. The largest absolute Gasteiger partial charge is 0.495 e. The molecule has 0 aromatic heterocycles. The Hall–Kier alpha value is -1.34. The molecule has 1 aliphatic rings. The first kappa shape index (κ1) is 18.0. The minimum absolute atomic E-state index is 0.124. The molecule has 0 bridgehead atoms. The van der Waals surface area contributed by atoms with Gasteiger partial charge < -0.3 is 14.5 Å². The van der Waals surface area contributed by atoms with E-state index in [-0.39, 0.29) is 10.6 Å². The van der Waals surface area contributed by atoms with Gasteiger partial charge in [0.2, 0.25) is 0 Å². The SMILES string of the molecule is CCN(CC)C1CCN(c2cc(OC)c(Br)cc2[N+](=O)[O-])CC1. The van der Waals surface area contributed by atoms with Crippen LogP contribution >= 0.6 is 15.9 Å². The Balaban J connectivity index is 2.21. The fourth-order valence-corrected chi connectivity index (χ4v) is 3.79. The van der Waals surface area contributed by atoms with Crippen molar-refractivity contribution in [3.05, 3.63) is 26.7 Å². The highest BCUT2D eigenvalue weighted by Gasteiger charge is 2.28. The van der Waals surface area contributed by atoms with Gasteiger partial charge in [0.1, 0.15) is 11.4 Å². The molecular weight excluding hydrogens is 362 g/mol. The van der Waals surface area contributed by atoms with E-state index in [0.29, 0.717) is 22.0 Å². The lowest BCUT2D eigenvalue weighted by Crippen LogP contribution is -2.45. The molecule has 0 aliphatic carbocycles. The molecule has 1 aromatic rings. The van der Waals surface area contributed by atoms with E-state index in [1.54, 1.807) is 13.2 Å². The number of benzene rings is 1. The average molecular weight is 386 g/mol. The van der Waals surface area contributed by atoms with Gasteiger partial charge in [-0.2, -0.15) is 0 Å². The number of piperidine rings is 1. The molecule has 1 heterocycles. The molecule has 0 radical (unpaired) electrons. The van der Waals surface area contributed by atoms with Crippen LogP contribution in [0.3, 0.4) is 0 Å². The van der Waals surface area contributed by atoms with Crippen LogP contribution in [0, 0.1) is 10.1 Å². The molecule has 1 fully saturated rings. The molecule has 0 atom stereocenters. The van der Waals surface area contributed by atoms with Crippen LogP contribution in [0.4, 0.5) is 11.4 Å². The quantitative estimate of drug-likeness (QED) is 0.552. The second-order valence-corrected chi connectivity index (χ2v) is 6.53. The van der Waals surface area contributed by atoms with E-state index >= 15 is 0 Å². The Morgan fingerprint density at radius 3 is 2.43 bits per heavy atom. The average Bonchev–Trinajstić information content (AvgIpc) is 2.56. The number of methoxy groups -OCH3 is 1. The lowest BCUT2D eigenvalue weighted by atomic mass is 10.0. The van der Waals surface area contributed by atoms with Crippen LogP contribution in [0.5, 0.6) is 5.75 Å². The summed E-state index contributed by atoms with van der Waals surface area (Å²) in [5.41, 5.74) is 0.770. The lowest BCUT2D eigenvalue weighted by Gasteiger charge is -2.38. The number of hydrogen-bond donors (Lipinski definition) is 0. The summed E-state index contributed by atoms with van der Waals surface area (Å²) in [6, 6.07) is 3.86. The maximum atomic E-state index is 11.4. The summed E-state index contributed by atoms with van der Waals surface area (Å²) in [7, 11) is 1.57. The van der Waals surface area contributed by atoms with Gasteiger partial charge in [-0.3, -0.25) is 10.1 Å². The number of halogens is 1. The van der Waals surface area contributed by atoms with Crippen LogP contribution < -0.4 is 9.64 Å². The van der Waals surface area contributed by atoms with E-state index in [0.717, 1.165) is 39.0 Å². The van der Waals surface area contributed by atoms with E-state index < -0.39 is 0 Å². The van der Waals surface area contributed by atoms with Crippen molar-refractivity contribution in [2.24, 2.45) is 0 Å². The minimum Gasteiger partial charge on any atom is -0.495 e. The molecule has 0 amide bonds. The van der Waals surface area contributed by atoms with Crippen molar-refractivity contribution in [1.29, 1.82) is 0 Å². The van der Waals surface area contributed by atoms with Crippen LogP contribution in [0.1, 0.15) is 26.7 Å². The number of nitro benzene ring substituents is 1. The van der Waals surface area contributed by atoms with Crippen LogP contribution in [0.2, 0.25) is 0 Å². The van der Waals surface area contributed by atoms with Gasteiger partial charge in [-0.1, -0.05) is 13.8 Å². The number of rotatable bonds is 6. The van der Waals surface area contributed by atoms with Crippen LogP contribution in [-0.2, 0) is 0 Å². The summed E-state index contributed by atoms with van der Waals surface area (Å²) in [6.07, 6.45) is 2.05. The van der Waals surface area contributed by atoms with Crippen molar-refractivity contribution in [3.8, 4) is 5.75 Å². The molecule has 0 unspecified atom stereocenters. The number of anilines is 1. The number of nitrogens with zero attached hydrogens (tertiary/aromatic N) is 3. The zero-order valence-electron chi connectivity index (χ0n) is 13.9. The van der Waals surface area contributed by atoms with E-state index in [4.69, 9.17) is 4.74 Å². The Bertz CT molecular complexity index is 556. The smallest absolute Gasteiger partial charge is 0.293 e. The second kappa shape index (κ2) is 7.97. The molecule has 23 heavy (non-hydrogen) atoms. The third-order valence-electron chi connectivity index (χ3n) is 4.58. The zero-order valence-corrected chi connectivity index (χ0v) is 15.5. The minimum atomic E-state index is -0.323. The van der Waals surface area contributed by atoms with Crippen molar-refractivity contribution in [1.82, 2.24) is 4.90 Å². The highest BCUT2D eigenvalue weighted by Crippen LogP contribution is 2.39. The Labute approximate surface area is 145 Å². The van der Waals surface area contributed by atoms with Crippen molar-refractivity contribution >= 4 is 27.3 Å². The third kappa shape index (κ3) is 3.95. The normalized spacial score (nSPS) is 16.0. The molecule has 0 saturated carbocycles. The number of ether oxygens (including phenoxy) is 1. The third-order valence-corrected chi connectivity index (χ3v) is 5.20. The summed E-state index contributed by atoms with van der Waals surface area (Å²) in [5.74, 6) is 0.622. The summed E-state index contributed by atoms with van der Waals surface area (Å²) in [4.78, 5) is 15.6. The van der Waals surface area contributed by atoms with Crippen molar-refractivity contribution in [2.45, 2.75) is 32.7 Å². The molecule has 2 rings (SSSR count). The van der Waals surface area contributed by atoms with Gasteiger partial charge in [-0.05, 0) is 41.9 Å². The van der Waals surface area contributed by atoms with Gasteiger partial charge in [-0.25, -0.2) is 0 Å².